The van der Waals surface area contributed by atoms with E-state index in [1.807, 2.05) is 42.6 Å². The van der Waals surface area contributed by atoms with Gasteiger partial charge in [0.1, 0.15) is 0 Å². The van der Waals surface area contributed by atoms with E-state index in [1.54, 1.807) is 11.3 Å². The van der Waals surface area contributed by atoms with Crippen molar-refractivity contribution in [3.05, 3.63) is 52.0 Å². The van der Waals surface area contributed by atoms with Gasteiger partial charge >= 0.3 is 0 Å². The van der Waals surface area contributed by atoms with Crippen LogP contribution in [0.25, 0.3) is 0 Å². The number of nitrogens with zero attached hydrogens (tertiary/aromatic N) is 1. The summed E-state index contributed by atoms with van der Waals surface area (Å²) in [6.07, 6.45) is 0. The molecular formula is C11H12N2S. The van der Waals surface area contributed by atoms with E-state index in [0.29, 0.717) is 0 Å². The van der Waals surface area contributed by atoms with E-state index in [9.17, 15) is 0 Å². The number of thiophene rings is 1. The van der Waals surface area contributed by atoms with Crippen LogP contribution in [0, 0.1) is 6.92 Å². The van der Waals surface area contributed by atoms with Crippen molar-refractivity contribution in [1.82, 2.24) is 4.98 Å². The fourth-order valence-electron chi connectivity index (χ4n) is 1.35. The zero-order chi connectivity index (χ0) is 9.97. The van der Waals surface area contributed by atoms with Crippen LogP contribution < -0.4 is 5.73 Å². The van der Waals surface area contributed by atoms with E-state index < -0.39 is 0 Å². The van der Waals surface area contributed by atoms with Crippen molar-refractivity contribution < 1.29 is 0 Å². The maximum absolute atomic E-state index is 6.08. The lowest BCUT2D eigenvalue weighted by atomic mass is 10.1. The smallest absolute Gasteiger partial charge is 0.0820 e. The van der Waals surface area contributed by atoms with E-state index in [-0.39, 0.29) is 6.04 Å². The van der Waals surface area contributed by atoms with Gasteiger partial charge < -0.3 is 5.73 Å². The highest BCUT2D eigenvalue weighted by atomic mass is 32.1. The molecule has 0 saturated heterocycles. The maximum Gasteiger partial charge on any atom is 0.0820 e. The predicted molar refractivity (Wildman–Crippen MR) is 59.3 cm³/mol. The minimum absolute atomic E-state index is 0.0881. The highest BCUT2D eigenvalue weighted by Gasteiger charge is 2.10. The van der Waals surface area contributed by atoms with E-state index in [2.05, 4.69) is 4.98 Å². The summed E-state index contributed by atoms with van der Waals surface area (Å²) in [7, 11) is 0. The molecule has 0 amide bonds. The number of nitrogens with two attached hydrogens (primary N) is 1. The molecular weight excluding hydrogens is 192 g/mol. The molecule has 0 spiro atoms. The molecule has 1 atom stereocenters. The van der Waals surface area contributed by atoms with E-state index in [0.717, 1.165) is 16.3 Å². The average Bonchev–Trinajstić information content (AvgIpc) is 2.69. The van der Waals surface area contributed by atoms with Gasteiger partial charge in [0.25, 0.3) is 0 Å². The summed E-state index contributed by atoms with van der Waals surface area (Å²) >= 11 is 1.67. The second-order valence-electron chi connectivity index (χ2n) is 3.20. The number of aryl methyl sites for hydroxylation is 1. The van der Waals surface area contributed by atoms with Crippen molar-refractivity contribution in [3.63, 3.8) is 0 Å². The molecule has 2 rings (SSSR count). The van der Waals surface area contributed by atoms with Gasteiger partial charge in [-0.1, -0.05) is 12.1 Å². The van der Waals surface area contributed by atoms with Crippen LogP contribution in [0.4, 0.5) is 0 Å². The monoisotopic (exact) mass is 204 g/mol. The number of pyridine rings is 1. The van der Waals surface area contributed by atoms with Gasteiger partial charge in [0.05, 0.1) is 11.7 Å². The second-order valence-corrected chi connectivity index (χ2v) is 4.18. The van der Waals surface area contributed by atoms with Gasteiger partial charge in [0, 0.05) is 10.6 Å². The number of aromatic nitrogens is 1. The zero-order valence-electron chi connectivity index (χ0n) is 7.97. The van der Waals surface area contributed by atoms with Crippen LogP contribution in [0.5, 0.6) is 0 Å². The van der Waals surface area contributed by atoms with Crippen LogP contribution in [-0.2, 0) is 0 Å². The Hall–Kier alpha value is -1.19. The Morgan fingerprint density at radius 1 is 1.29 bits per heavy atom. The molecule has 72 valence electrons. The maximum atomic E-state index is 6.08. The molecule has 0 aliphatic rings. The Kier molecular flexibility index (Phi) is 2.61. The summed E-state index contributed by atoms with van der Waals surface area (Å²) in [5, 5.41) is 2.03. The minimum Gasteiger partial charge on any atom is -0.318 e. The Balaban J connectivity index is 2.32. The van der Waals surface area contributed by atoms with Gasteiger partial charge in [-0.25, -0.2) is 0 Å². The Morgan fingerprint density at radius 2 is 2.14 bits per heavy atom. The fraction of sp³-hybridized carbons (Fsp3) is 0.182. The van der Waals surface area contributed by atoms with E-state index >= 15 is 0 Å². The summed E-state index contributed by atoms with van der Waals surface area (Å²) in [5.74, 6) is 0. The number of rotatable bonds is 2. The second kappa shape index (κ2) is 3.90. The van der Waals surface area contributed by atoms with Crippen molar-refractivity contribution in [2.75, 3.05) is 0 Å². The molecule has 1 unspecified atom stereocenters. The summed E-state index contributed by atoms with van der Waals surface area (Å²) in [6.45, 7) is 1.98. The summed E-state index contributed by atoms with van der Waals surface area (Å²) in [5.41, 5.74) is 8.02. The quantitative estimate of drug-likeness (QED) is 0.816. The molecule has 2 heterocycles. The third kappa shape index (κ3) is 1.84. The highest BCUT2D eigenvalue weighted by molar-refractivity contribution is 7.10. The van der Waals surface area contributed by atoms with Crippen molar-refractivity contribution in [2.45, 2.75) is 13.0 Å². The summed E-state index contributed by atoms with van der Waals surface area (Å²) < 4.78 is 0. The van der Waals surface area contributed by atoms with Crippen LogP contribution in [0.3, 0.4) is 0 Å². The van der Waals surface area contributed by atoms with Crippen LogP contribution in [0.2, 0.25) is 0 Å². The first kappa shape index (κ1) is 9.37. The molecule has 2 aromatic rings. The van der Waals surface area contributed by atoms with Gasteiger partial charge in [0.15, 0.2) is 0 Å². The molecule has 0 aromatic carbocycles. The summed E-state index contributed by atoms with van der Waals surface area (Å²) in [4.78, 5) is 5.57. The molecule has 3 heteroatoms. The minimum atomic E-state index is -0.0881. The fourth-order valence-corrected chi connectivity index (χ4v) is 2.09. The predicted octanol–water partition coefficient (Wildman–Crippen LogP) is 2.50. The van der Waals surface area contributed by atoms with E-state index in [4.69, 9.17) is 5.73 Å². The summed E-state index contributed by atoms with van der Waals surface area (Å²) in [6, 6.07) is 9.90. The van der Waals surface area contributed by atoms with Crippen LogP contribution in [0.1, 0.15) is 22.3 Å². The first-order valence-electron chi connectivity index (χ1n) is 4.50. The van der Waals surface area contributed by atoms with Crippen molar-refractivity contribution in [1.29, 1.82) is 0 Å². The molecule has 0 aliphatic carbocycles. The third-order valence-corrected chi connectivity index (χ3v) is 3.03. The van der Waals surface area contributed by atoms with Crippen molar-refractivity contribution >= 4 is 11.3 Å². The van der Waals surface area contributed by atoms with Gasteiger partial charge in [-0.2, -0.15) is 0 Å². The normalized spacial score (nSPS) is 12.7. The molecule has 0 saturated carbocycles. The Labute approximate surface area is 87.4 Å². The lowest BCUT2D eigenvalue weighted by Crippen LogP contribution is -2.12. The number of hydrogen-bond donors (Lipinski definition) is 1. The molecule has 2 nitrogen and oxygen atoms in total. The standard InChI is InChI=1S/C11H12N2S/c1-8-4-2-5-9(13-8)11(12)10-6-3-7-14-10/h2-7,11H,12H2,1H3. The molecule has 2 aromatic heterocycles. The van der Waals surface area contributed by atoms with Crippen LogP contribution >= 0.6 is 11.3 Å². The Bertz CT molecular complexity index is 409. The van der Waals surface area contributed by atoms with Gasteiger partial charge in [-0.3, -0.25) is 4.98 Å². The van der Waals surface area contributed by atoms with Gasteiger partial charge in [0.2, 0.25) is 0 Å². The first-order chi connectivity index (χ1) is 6.77. The molecule has 0 aliphatic heterocycles. The van der Waals surface area contributed by atoms with E-state index in [1.165, 1.54) is 0 Å². The largest absolute Gasteiger partial charge is 0.318 e. The third-order valence-electron chi connectivity index (χ3n) is 2.08. The SMILES string of the molecule is Cc1cccc(C(N)c2cccs2)n1. The molecule has 0 fully saturated rings. The molecule has 14 heavy (non-hydrogen) atoms. The molecule has 0 radical (unpaired) electrons. The van der Waals surface area contributed by atoms with Crippen molar-refractivity contribution in [2.24, 2.45) is 5.73 Å². The lowest BCUT2D eigenvalue weighted by molar-refractivity contribution is 0.838. The Morgan fingerprint density at radius 3 is 2.79 bits per heavy atom. The van der Waals surface area contributed by atoms with Gasteiger partial charge in [-0.15, -0.1) is 11.3 Å². The highest BCUT2D eigenvalue weighted by Crippen LogP contribution is 2.22. The lowest BCUT2D eigenvalue weighted by Gasteiger charge is -2.08. The van der Waals surface area contributed by atoms with Crippen LogP contribution in [0.15, 0.2) is 35.7 Å². The zero-order valence-corrected chi connectivity index (χ0v) is 8.79. The first-order valence-corrected chi connectivity index (χ1v) is 5.38. The topological polar surface area (TPSA) is 38.9 Å². The van der Waals surface area contributed by atoms with Gasteiger partial charge in [-0.05, 0) is 30.5 Å². The van der Waals surface area contributed by atoms with Crippen molar-refractivity contribution in [3.8, 4) is 0 Å². The molecule has 2 N–H and O–H groups in total. The number of hydrogen-bond acceptors (Lipinski definition) is 3. The van der Waals surface area contributed by atoms with Crippen LogP contribution in [-0.4, -0.2) is 4.98 Å². The average molecular weight is 204 g/mol. The molecule has 0 bridgehead atoms.